The van der Waals surface area contributed by atoms with Gasteiger partial charge in [0, 0.05) is 18.5 Å². The molecule has 4 aromatic rings. The van der Waals surface area contributed by atoms with E-state index in [-0.39, 0.29) is 56.3 Å². The van der Waals surface area contributed by atoms with Crippen LogP contribution in [-0.4, -0.2) is 75.7 Å². The van der Waals surface area contributed by atoms with Gasteiger partial charge in [0.05, 0.1) is 31.8 Å². The van der Waals surface area contributed by atoms with Crippen molar-refractivity contribution in [3.63, 3.8) is 0 Å². The first-order valence-corrected chi connectivity index (χ1v) is 19.9. The molecule has 12 heteroatoms. The van der Waals surface area contributed by atoms with Gasteiger partial charge in [0.25, 0.3) is 5.91 Å². The molecule has 3 aliphatic heterocycles. The van der Waals surface area contributed by atoms with Crippen LogP contribution in [-0.2, 0) is 53.1 Å². The number of aliphatic hydroxyl groups excluding tert-OH is 1. The Morgan fingerprint density at radius 3 is 2.29 bits per heavy atom. The number of rotatable bonds is 12. The molecule has 5 unspecified atom stereocenters. The normalized spacial score (nSPS) is 22.6. The summed E-state index contributed by atoms with van der Waals surface area (Å²) in [6.45, 7) is 6.99. The lowest BCUT2D eigenvalue weighted by Gasteiger charge is -2.38. The van der Waals surface area contributed by atoms with Crippen molar-refractivity contribution in [1.29, 1.82) is 0 Å². The van der Waals surface area contributed by atoms with Crippen molar-refractivity contribution in [1.82, 2.24) is 15.1 Å². The number of ether oxygens (including phenoxy) is 4. The highest BCUT2D eigenvalue weighted by Crippen LogP contribution is 2.39. The first-order valence-electron chi connectivity index (χ1n) is 19.9. The van der Waals surface area contributed by atoms with Crippen molar-refractivity contribution >= 4 is 23.9 Å². The van der Waals surface area contributed by atoms with Gasteiger partial charge in [0.15, 0.2) is 6.29 Å². The van der Waals surface area contributed by atoms with E-state index in [1.165, 1.54) is 4.90 Å². The van der Waals surface area contributed by atoms with E-state index in [0.29, 0.717) is 13.0 Å². The molecule has 0 spiro atoms. The summed E-state index contributed by atoms with van der Waals surface area (Å²) in [6.07, 6.45) is 0.0636. The van der Waals surface area contributed by atoms with Gasteiger partial charge in [0.1, 0.15) is 24.3 Å². The first-order chi connectivity index (χ1) is 27.9. The molecular formula is C46H51N3O9. The van der Waals surface area contributed by atoms with E-state index in [9.17, 15) is 24.3 Å². The lowest BCUT2D eigenvalue weighted by atomic mass is 9.97. The van der Waals surface area contributed by atoms with E-state index in [2.05, 4.69) is 10.2 Å². The number of hydrogen-bond acceptors (Lipinski definition) is 10. The lowest BCUT2D eigenvalue weighted by Crippen LogP contribution is -2.45. The molecule has 0 radical (unpaired) electrons. The number of esters is 1. The summed E-state index contributed by atoms with van der Waals surface area (Å²) in [6, 6.07) is 31.0. The van der Waals surface area contributed by atoms with Crippen LogP contribution >= 0.6 is 0 Å². The van der Waals surface area contributed by atoms with Crippen LogP contribution in [0.15, 0.2) is 103 Å². The van der Waals surface area contributed by atoms with Gasteiger partial charge in [-0.15, -0.1) is 0 Å². The van der Waals surface area contributed by atoms with Crippen LogP contribution in [0.2, 0.25) is 0 Å². The molecular weight excluding hydrogens is 739 g/mol. The Labute approximate surface area is 339 Å². The summed E-state index contributed by atoms with van der Waals surface area (Å²) in [4.78, 5) is 55.4. The number of benzene rings is 4. The Morgan fingerprint density at radius 2 is 1.57 bits per heavy atom. The molecule has 0 bridgehead atoms. The largest absolute Gasteiger partial charge is 0.459 e. The maximum Gasteiger partial charge on any atom is 0.408 e. The zero-order chi connectivity index (χ0) is 40.8. The SMILES string of the molecule is CC(C)(C)OC(=O)C1CCCN1CC1CC(c2ccc(CO)cc2)OC(c2ccc(-c3ccccc3CN3C(=O)CC(NC(=O)OCc4ccccc4)C3=O)cc2)O1. The monoisotopic (exact) mass is 789 g/mol. The van der Waals surface area contributed by atoms with Gasteiger partial charge in [-0.25, -0.2) is 4.79 Å². The Hall–Kier alpha value is -5.40. The van der Waals surface area contributed by atoms with E-state index >= 15 is 0 Å². The fourth-order valence-corrected chi connectivity index (χ4v) is 7.77. The predicted molar refractivity (Wildman–Crippen MR) is 214 cm³/mol. The van der Waals surface area contributed by atoms with Gasteiger partial charge < -0.3 is 29.4 Å². The van der Waals surface area contributed by atoms with Crippen molar-refractivity contribution < 1.29 is 43.2 Å². The lowest BCUT2D eigenvalue weighted by molar-refractivity contribution is -0.253. The minimum atomic E-state index is -1.01. The fraction of sp³-hybridized carbons (Fsp3) is 0.391. The number of hydrogen-bond donors (Lipinski definition) is 2. The maximum atomic E-state index is 13.4. The Morgan fingerprint density at radius 1 is 0.862 bits per heavy atom. The van der Waals surface area contributed by atoms with Crippen molar-refractivity contribution in [2.24, 2.45) is 0 Å². The fourth-order valence-electron chi connectivity index (χ4n) is 7.77. The first kappa shape index (κ1) is 40.8. The van der Waals surface area contributed by atoms with Crippen LogP contribution in [0.3, 0.4) is 0 Å². The van der Waals surface area contributed by atoms with E-state index in [1.54, 1.807) is 0 Å². The molecule has 304 valence electrons. The number of aliphatic hydroxyl groups is 1. The second-order valence-electron chi connectivity index (χ2n) is 16.1. The van der Waals surface area contributed by atoms with Crippen molar-refractivity contribution in [3.05, 3.63) is 131 Å². The summed E-state index contributed by atoms with van der Waals surface area (Å²) < 4.78 is 24.3. The van der Waals surface area contributed by atoms with Gasteiger partial charge in [-0.2, -0.15) is 0 Å². The van der Waals surface area contributed by atoms with Crippen LogP contribution < -0.4 is 5.32 Å². The topological polar surface area (TPSA) is 144 Å². The number of nitrogens with zero attached hydrogens (tertiary/aromatic N) is 2. The van der Waals surface area contributed by atoms with Crippen LogP contribution in [0.5, 0.6) is 0 Å². The van der Waals surface area contributed by atoms with Crippen LogP contribution in [0.1, 0.15) is 86.7 Å². The zero-order valence-corrected chi connectivity index (χ0v) is 33.2. The van der Waals surface area contributed by atoms with Crippen molar-refractivity contribution in [2.45, 2.75) is 102 Å². The minimum absolute atomic E-state index is 0.0426. The Bertz CT molecular complexity index is 2070. The molecule has 58 heavy (non-hydrogen) atoms. The van der Waals surface area contributed by atoms with E-state index in [4.69, 9.17) is 18.9 Å². The number of nitrogens with one attached hydrogen (secondary N) is 1. The molecule has 3 saturated heterocycles. The third-order valence-electron chi connectivity index (χ3n) is 10.7. The van der Waals surface area contributed by atoms with Gasteiger partial charge in [-0.05, 0) is 73.5 Å². The standard InChI is InChI=1S/C46H51N3O9/c1-46(2,3)58-43(53)39-14-9-23-48(39)27-36-24-40(33-17-15-30(28-50)16-18-33)57-44(56-36)34-21-19-32(20-22-34)37-13-8-7-12-35(37)26-49-41(51)25-38(42(49)52)47-45(54)55-29-31-10-5-4-6-11-31/h4-8,10-13,15-22,36,38-40,44,50H,9,14,23-29H2,1-3H3,(H,47,54). The molecule has 0 aliphatic carbocycles. The molecule has 3 heterocycles. The van der Waals surface area contributed by atoms with Crippen molar-refractivity contribution in [3.8, 4) is 11.1 Å². The second kappa shape index (κ2) is 18.0. The smallest absolute Gasteiger partial charge is 0.408 e. The average molecular weight is 790 g/mol. The van der Waals surface area contributed by atoms with Gasteiger partial charge >= 0.3 is 12.1 Å². The summed E-state index contributed by atoms with van der Waals surface area (Å²) >= 11 is 0. The third kappa shape index (κ3) is 10.00. The minimum Gasteiger partial charge on any atom is -0.459 e. The number of likely N-dealkylation sites (tertiary alicyclic amines) is 2. The predicted octanol–water partition coefficient (Wildman–Crippen LogP) is 6.75. The Kier molecular flexibility index (Phi) is 12.7. The number of carbonyl (C=O) groups is 4. The van der Waals surface area contributed by atoms with Crippen LogP contribution in [0, 0.1) is 0 Å². The summed E-state index contributed by atoms with van der Waals surface area (Å²) in [5, 5.41) is 12.2. The summed E-state index contributed by atoms with van der Waals surface area (Å²) in [5.41, 5.74) is 5.32. The molecule has 3 aliphatic rings. The summed E-state index contributed by atoms with van der Waals surface area (Å²) in [5.74, 6) is -1.08. The maximum absolute atomic E-state index is 13.4. The summed E-state index contributed by atoms with van der Waals surface area (Å²) in [7, 11) is 0. The molecule has 3 fully saturated rings. The number of carbonyl (C=O) groups excluding carboxylic acids is 4. The average Bonchev–Trinajstić information content (AvgIpc) is 3.79. The molecule has 3 amide bonds. The van der Waals surface area contributed by atoms with E-state index < -0.39 is 29.9 Å². The zero-order valence-electron chi connectivity index (χ0n) is 33.2. The molecule has 7 rings (SSSR count). The van der Waals surface area contributed by atoms with Gasteiger partial charge in [-0.1, -0.05) is 103 Å². The van der Waals surface area contributed by atoms with E-state index in [0.717, 1.165) is 58.3 Å². The molecule has 0 saturated carbocycles. The van der Waals surface area contributed by atoms with Gasteiger partial charge in [0.2, 0.25) is 5.91 Å². The van der Waals surface area contributed by atoms with Gasteiger partial charge in [-0.3, -0.25) is 24.2 Å². The third-order valence-corrected chi connectivity index (χ3v) is 10.7. The number of alkyl carbamates (subject to hydrolysis) is 1. The Balaban J connectivity index is 1.04. The highest BCUT2D eigenvalue weighted by atomic mass is 16.7. The molecule has 0 aromatic heterocycles. The second-order valence-corrected chi connectivity index (χ2v) is 16.1. The molecule has 5 atom stereocenters. The number of amides is 3. The van der Waals surface area contributed by atoms with Crippen LogP contribution in [0.4, 0.5) is 4.79 Å². The highest BCUT2D eigenvalue weighted by Gasteiger charge is 2.41. The van der Waals surface area contributed by atoms with Crippen molar-refractivity contribution in [2.75, 3.05) is 13.1 Å². The molecule has 12 nitrogen and oxygen atoms in total. The highest BCUT2D eigenvalue weighted by molar-refractivity contribution is 6.06. The molecule has 4 aromatic carbocycles. The quantitative estimate of drug-likeness (QED) is 0.117. The van der Waals surface area contributed by atoms with E-state index in [1.807, 2.05) is 124 Å². The molecule has 2 N–H and O–H groups in total. The van der Waals surface area contributed by atoms with Crippen LogP contribution in [0.25, 0.3) is 11.1 Å². The number of imide groups is 1.